The molecule has 0 bridgehead atoms. The van der Waals surface area contributed by atoms with E-state index in [2.05, 4.69) is 29.5 Å². The zero-order valence-corrected chi connectivity index (χ0v) is 20.4. The Morgan fingerprint density at radius 3 is 2.51 bits per heavy atom. The summed E-state index contributed by atoms with van der Waals surface area (Å²) in [7, 11) is 1.55. The van der Waals surface area contributed by atoms with E-state index >= 15 is 0 Å². The molecule has 0 aliphatic carbocycles. The van der Waals surface area contributed by atoms with Crippen LogP contribution in [0.3, 0.4) is 0 Å². The minimum Gasteiger partial charge on any atom is -0.497 e. The molecule has 8 heteroatoms. The van der Waals surface area contributed by atoms with Gasteiger partial charge in [0.1, 0.15) is 11.6 Å². The van der Waals surface area contributed by atoms with E-state index in [9.17, 15) is 15.0 Å². The van der Waals surface area contributed by atoms with Crippen LogP contribution in [0.1, 0.15) is 48.4 Å². The molecule has 35 heavy (non-hydrogen) atoms. The lowest BCUT2D eigenvalue weighted by molar-refractivity contribution is -0.123. The van der Waals surface area contributed by atoms with Gasteiger partial charge in [0.2, 0.25) is 5.91 Å². The first-order valence-corrected chi connectivity index (χ1v) is 11.5. The molecule has 1 amide bonds. The van der Waals surface area contributed by atoms with Crippen molar-refractivity contribution < 1.29 is 19.7 Å². The van der Waals surface area contributed by atoms with E-state index in [1.165, 1.54) is 0 Å². The molecule has 0 saturated carbocycles. The highest BCUT2D eigenvalue weighted by atomic mass is 16.5. The molecule has 0 aliphatic heterocycles. The molecular weight excluding hydrogens is 444 g/mol. The molecule has 3 aromatic rings. The van der Waals surface area contributed by atoms with Crippen LogP contribution in [0.5, 0.6) is 5.75 Å². The Labute approximate surface area is 206 Å². The lowest BCUT2D eigenvalue weighted by atomic mass is 9.93. The number of carbonyl (C=O) groups excluding carboxylic acids is 1. The van der Waals surface area contributed by atoms with Gasteiger partial charge in [-0.1, -0.05) is 42.5 Å². The van der Waals surface area contributed by atoms with Gasteiger partial charge in [-0.25, -0.2) is 4.98 Å². The number of pyridine rings is 1. The van der Waals surface area contributed by atoms with Crippen molar-refractivity contribution in [3.05, 3.63) is 89.1 Å². The predicted molar refractivity (Wildman–Crippen MR) is 136 cm³/mol. The summed E-state index contributed by atoms with van der Waals surface area (Å²) in [5.74, 6) is 0.741. The van der Waals surface area contributed by atoms with Crippen molar-refractivity contribution in [1.29, 1.82) is 0 Å². The zero-order valence-electron chi connectivity index (χ0n) is 20.4. The smallest absolute Gasteiger partial charge is 0.226 e. The molecule has 3 rings (SSSR count). The van der Waals surface area contributed by atoms with Crippen LogP contribution in [-0.2, 0) is 17.6 Å². The highest BCUT2D eigenvalue weighted by Gasteiger charge is 2.20. The van der Waals surface area contributed by atoms with Crippen molar-refractivity contribution >= 4 is 11.7 Å². The fourth-order valence-corrected chi connectivity index (χ4v) is 3.81. The van der Waals surface area contributed by atoms with Crippen molar-refractivity contribution in [2.45, 2.75) is 44.6 Å². The van der Waals surface area contributed by atoms with E-state index in [1.807, 2.05) is 24.3 Å². The molecule has 8 nitrogen and oxygen atoms in total. The average molecular weight is 479 g/mol. The molecule has 186 valence electrons. The summed E-state index contributed by atoms with van der Waals surface area (Å²) in [5.41, 5.74) is 8.47. The van der Waals surface area contributed by atoms with Crippen LogP contribution in [0, 0.1) is 0 Å². The Hall–Kier alpha value is -3.46. The van der Waals surface area contributed by atoms with Crippen LogP contribution in [-0.4, -0.2) is 40.3 Å². The molecule has 1 aromatic heterocycles. The van der Waals surface area contributed by atoms with Crippen molar-refractivity contribution in [3.8, 4) is 5.75 Å². The molecule has 2 aromatic carbocycles. The SMILES string of the molecule is COc1cccc(C(O)NC(=O)Cc2cccc(CC(C)(C)NC[C@H](O)c3ccc(N)nc3)c2)c1. The van der Waals surface area contributed by atoms with Crippen LogP contribution in [0.15, 0.2) is 66.9 Å². The molecule has 6 N–H and O–H groups in total. The lowest BCUT2D eigenvalue weighted by Gasteiger charge is -2.28. The molecular formula is C27H34N4O4. The molecule has 0 fully saturated rings. The van der Waals surface area contributed by atoms with E-state index in [1.54, 1.807) is 49.7 Å². The number of β-amino-alcohol motifs (C(OH)–C–C–N with tert-alkyl or cyclic N) is 1. The third kappa shape index (κ3) is 8.06. The van der Waals surface area contributed by atoms with Gasteiger partial charge < -0.3 is 31.3 Å². The van der Waals surface area contributed by atoms with Gasteiger partial charge in [-0.05, 0) is 49.6 Å². The standard InChI is InChI=1S/C27H34N4O4/c1-27(2,30-17-23(32)21-10-11-24(28)29-16-21)15-19-7-4-6-18(12-19)13-25(33)31-26(34)20-8-5-9-22(14-20)35-3/h4-12,14,16,23,26,30,32,34H,13,15,17H2,1-3H3,(H2,28,29)(H,31,33)/t23-,26?/m0/s1. The molecule has 1 unspecified atom stereocenters. The van der Waals surface area contributed by atoms with Crippen molar-refractivity contribution in [3.63, 3.8) is 0 Å². The number of ether oxygens (including phenoxy) is 1. The number of nitrogens with two attached hydrogens (primary N) is 1. The first kappa shape index (κ1) is 26.2. The summed E-state index contributed by atoms with van der Waals surface area (Å²) < 4.78 is 5.17. The number of carbonyl (C=O) groups is 1. The summed E-state index contributed by atoms with van der Waals surface area (Å²) in [6.45, 7) is 4.48. The fraction of sp³-hybridized carbons (Fsp3) is 0.333. The topological polar surface area (TPSA) is 130 Å². The van der Waals surface area contributed by atoms with E-state index in [4.69, 9.17) is 10.5 Å². The molecule has 0 saturated heterocycles. The Morgan fingerprint density at radius 2 is 1.80 bits per heavy atom. The van der Waals surface area contributed by atoms with Crippen LogP contribution in [0.2, 0.25) is 0 Å². The van der Waals surface area contributed by atoms with E-state index in [0.717, 1.165) is 11.1 Å². The molecule has 0 spiro atoms. The largest absolute Gasteiger partial charge is 0.497 e. The number of aromatic nitrogens is 1. The normalized spacial score (nSPS) is 13.2. The zero-order chi connectivity index (χ0) is 25.4. The van der Waals surface area contributed by atoms with Crippen molar-refractivity contribution in [2.75, 3.05) is 19.4 Å². The molecule has 2 atom stereocenters. The third-order valence-electron chi connectivity index (χ3n) is 5.68. The van der Waals surface area contributed by atoms with Gasteiger partial charge in [-0.15, -0.1) is 0 Å². The molecule has 0 aliphatic rings. The van der Waals surface area contributed by atoms with Gasteiger partial charge in [0, 0.05) is 29.4 Å². The maximum atomic E-state index is 12.5. The maximum Gasteiger partial charge on any atom is 0.226 e. The number of aliphatic hydroxyl groups is 2. The monoisotopic (exact) mass is 478 g/mol. The van der Waals surface area contributed by atoms with Crippen molar-refractivity contribution in [2.24, 2.45) is 0 Å². The second kappa shape index (κ2) is 11.8. The number of rotatable bonds is 11. The van der Waals surface area contributed by atoms with Gasteiger partial charge in [0.05, 0.1) is 19.6 Å². The second-order valence-corrected chi connectivity index (χ2v) is 9.22. The number of methoxy groups -OCH3 is 1. The van der Waals surface area contributed by atoms with Gasteiger partial charge >= 0.3 is 0 Å². The number of hydrogen-bond acceptors (Lipinski definition) is 7. The van der Waals surface area contributed by atoms with Gasteiger partial charge in [0.25, 0.3) is 0 Å². The number of benzene rings is 2. The second-order valence-electron chi connectivity index (χ2n) is 9.22. The Kier molecular flexibility index (Phi) is 8.81. The third-order valence-corrected chi connectivity index (χ3v) is 5.68. The Balaban J connectivity index is 1.54. The highest BCUT2D eigenvalue weighted by Crippen LogP contribution is 2.19. The lowest BCUT2D eigenvalue weighted by Crippen LogP contribution is -2.43. The van der Waals surface area contributed by atoms with E-state index in [-0.39, 0.29) is 17.9 Å². The predicted octanol–water partition coefficient (Wildman–Crippen LogP) is 2.67. The fourth-order valence-electron chi connectivity index (χ4n) is 3.81. The molecule has 1 heterocycles. The first-order valence-electron chi connectivity index (χ1n) is 11.5. The summed E-state index contributed by atoms with van der Waals surface area (Å²) >= 11 is 0. The van der Waals surface area contributed by atoms with E-state index in [0.29, 0.717) is 35.7 Å². The van der Waals surface area contributed by atoms with Gasteiger partial charge in [-0.2, -0.15) is 0 Å². The first-order chi connectivity index (χ1) is 16.6. The summed E-state index contributed by atoms with van der Waals surface area (Å²) in [5, 5.41) is 26.8. The Morgan fingerprint density at radius 1 is 1.06 bits per heavy atom. The quantitative estimate of drug-likeness (QED) is 0.268. The number of nitrogen functional groups attached to an aromatic ring is 1. The number of amides is 1. The average Bonchev–Trinajstić information content (AvgIpc) is 2.83. The number of aliphatic hydroxyl groups excluding tert-OH is 2. The van der Waals surface area contributed by atoms with Crippen LogP contribution in [0.4, 0.5) is 5.82 Å². The minimum atomic E-state index is -1.12. The Bertz CT molecular complexity index is 1120. The van der Waals surface area contributed by atoms with Crippen molar-refractivity contribution in [1.82, 2.24) is 15.6 Å². The summed E-state index contributed by atoms with van der Waals surface area (Å²) in [6.07, 6.45) is 0.599. The minimum absolute atomic E-state index is 0.144. The number of hydrogen-bond donors (Lipinski definition) is 5. The summed E-state index contributed by atoms with van der Waals surface area (Å²) in [6, 6.07) is 18.2. The molecule has 0 radical (unpaired) electrons. The number of nitrogens with zero attached hydrogens (tertiary/aromatic N) is 1. The number of anilines is 1. The van der Waals surface area contributed by atoms with E-state index < -0.39 is 12.3 Å². The van der Waals surface area contributed by atoms with Crippen LogP contribution in [0.25, 0.3) is 0 Å². The maximum absolute atomic E-state index is 12.5. The van der Waals surface area contributed by atoms with Gasteiger partial charge in [0.15, 0.2) is 6.23 Å². The van der Waals surface area contributed by atoms with Crippen LogP contribution < -0.4 is 21.1 Å². The van der Waals surface area contributed by atoms with Crippen LogP contribution >= 0.6 is 0 Å². The number of nitrogens with one attached hydrogen (secondary N) is 2. The summed E-state index contributed by atoms with van der Waals surface area (Å²) in [4.78, 5) is 16.5. The highest BCUT2D eigenvalue weighted by molar-refractivity contribution is 5.78. The van der Waals surface area contributed by atoms with Gasteiger partial charge in [-0.3, -0.25) is 4.79 Å².